The van der Waals surface area contributed by atoms with Crippen molar-refractivity contribution >= 4 is 0 Å². The van der Waals surface area contributed by atoms with Crippen LogP contribution in [0.1, 0.15) is 5.82 Å². The molecule has 0 amide bonds. The van der Waals surface area contributed by atoms with Crippen LogP contribution in [0, 0.1) is 0 Å². The molecule has 1 aromatic carbocycles. The minimum Gasteiger partial charge on any atom is -0.304 e. The predicted molar refractivity (Wildman–Crippen MR) is 57.5 cm³/mol. The summed E-state index contributed by atoms with van der Waals surface area (Å²) in [6, 6.07) is 10.2. The summed E-state index contributed by atoms with van der Waals surface area (Å²) in [6.07, 6.45) is 6.43. The van der Waals surface area contributed by atoms with Crippen LogP contribution in [0.3, 0.4) is 0 Å². The van der Waals surface area contributed by atoms with Crippen LogP contribution in [-0.2, 0) is 6.42 Å². The summed E-state index contributed by atoms with van der Waals surface area (Å²) in [6.45, 7) is 3.72. The predicted octanol–water partition coefficient (Wildman–Crippen LogP) is 2.60. The fourth-order valence-electron chi connectivity index (χ4n) is 1.44. The zero-order valence-electron chi connectivity index (χ0n) is 7.93. The van der Waals surface area contributed by atoms with E-state index in [1.54, 1.807) is 0 Å². The van der Waals surface area contributed by atoms with Crippen LogP contribution < -0.4 is 0 Å². The third-order valence-electron chi connectivity index (χ3n) is 2.08. The van der Waals surface area contributed by atoms with Crippen LogP contribution in [0.25, 0.3) is 5.69 Å². The van der Waals surface area contributed by atoms with E-state index >= 15 is 0 Å². The molecule has 70 valence electrons. The highest BCUT2D eigenvalue weighted by atomic mass is 15.1. The van der Waals surface area contributed by atoms with E-state index in [4.69, 9.17) is 0 Å². The molecule has 0 atom stereocenters. The largest absolute Gasteiger partial charge is 0.304 e. The maximum atomic E-state index is 4.27. The Balaban J connectivity index is 2.41. The molecular weight excluding hydrogens is 172 g/mol. The molecule has 0 saturated heterocycles. The average molecular weight is 184 g/mol. The van der Waals surface area contributed by atoms with E-state index in [-0.39, 0.29) is 0 Å². The molecule has 0 aliphatic rings. The van der Waals surface area contributed by atoms with Gasteiger partial charge in [0.15, 0.2) is 0 Å². The molecule has 0 saturated carbocycles. The third-order valence-corrected chi connectivity index (χ3v) is 2.08. The minimum absolute atomic E-state index is 0.794. The van der Waals surface area contributed by atoms with E-state index in [9.17, 15) is 0 Å². The number of allylic oxidation sites excluding steroid dienone is 1. The Hall–Kier alpha value is -1.83. The Labute approximate surface area is 83.5 Å². The first kappa shape index (κ1) is 8.75. The van der Waals surface area contributed by atoms with Crippen LogP contribution in [0.15, 0.2) is 55.4 Å². The van der Waals surface area contributed by atoms with Crippen molar-refractivity contribution in [1.29, 1.82) is 0 Å². The number of benzene rings is 1. The van der Waals surface area contributed by atoms with Gasteiger partial charge in [0.25, 0.3) is 0 Å². The fourth-order valence-corrected chi connectivity index (χ4v) is 1.44. The molecule has 0 N–H and O–H groups in total. The van der Waals surface area contributed by atoms with E-state index in [1.807, 2.05) is 36.7 Å². The first-order chi connectivity index (χ1) is 6.92. The highest BCUT2D eigenvalue weighted by Gasteiger charge is 2.01. The Bertz CT molecular complexity index is 415. The Kier molecular flexibility index (Phi) is 2.45. The first-order valence-corrected chi connectivity index (χ1v) is 4.60. The molecule has 0 aliphatic heterocycles. The Morgan fingerprint density at radius 1 is 1.29 bits per heavy atom. The zero-order valence-corrected chi connectivity index (χ0v) is 7.93. The van der Waals surface area contributed by atoms with Gasteiger partial charge in [0.2, 0.25) is 0 Å². The number of imidazole rings is 1. The van der Waals surface area contributed by atoms with Gasteiger partial charge in [-0.15, -0.1) is 6.58 Å². The quantitative estimate of drug-likeness (QED) is 0.670. The summed E-state index contributed by atoms with van der Waals surface area (Å²) in [5.41, 5.74) is 1.14. The average Bonchev–Trinajstić information content (AvgIpc) is 2.68. The van der Waals surface area contributed by atoms with E-state index < -0.39 is 0 Å². The van der Waals surface area contributed by atoms with Crippen LogP contribution in [0.5, 0.6) is 0 Å². The molecule has 2 aromatic rings. The standard InChI is InChI=1S/C12H12N2/c1-2-6-12-13-9-10-14(12)11-7-4-3-5-8-11/h2-5,7-10H,1,6H2. The maximum Gasteiger partial charge on any atom is 0.116 e. The summed E-state index contributed by atoms with van der Waals surface area (Å²) in [5.74, 6) is 1.02. The number of hydrogen-bond acceptors (Lipinski definition) is 1. The highest BCUT2D eigenvalue weighted by molar-refractivity contribution is 5.33. The van der Waals surface area contributed by atoms with Crippen molar-refractivity contribution in [3.63, 3.8) is 0 Å². The van der Waals surface area contributed by atoms with E-state index in [1.165, 1.54) is 0 Å². The van der Waals surface area contributed by atoms with E-state index in [0.29, 0.717) is 0 Å². The lowest BCUT2D eigenvalue weighted by Crippen LogP contribution is -1.98. The normalized spacial score (nSPS) is 10.0. The Morgan fingerprint density at radius 2 is 2.07 bits per heavy atom. The molecule has 0 bridgehead atoms. The molecule has 0 radical (unpaired) electrons. The van der Waals surface area contributed by atoms with Gasteiger partial charge in [0.1, 0.15) is 5.82 Å². The smallest absolute Gasteiger partial charge is 0.116 e. The molecule has 1 aromatic heterocycles. The molecule has 1 heterocycles. The summed E-state index contributed by atoms with van der Waals surface area (Å²) in [4.78, 5) is 4.27. The van der Waals surface area contributed by atoms with Crippen molar-refractivity contribution in [2.45, 2.75) is 6.42 Å². The van der Waals surface area contributed by atoms with Gasteiger partial charge in [-0.25, -0.2) is 4.98 Å². The summed E-state index contributed by atoms with van der Waals surface area (Å²) >= 11 is 0. The van der Waals surface area contributed by atoms with Gasteiger partial charge in [-0.2, -0.15) is 0 Å². The van der Waals surface area contributed by atoms with Crippen molar-refractivity contribution in [3.05, 3.63) is 61.2 Å². The van der Waals surface area contributed by atoms with Gasteiger partial charge in [-0.1, -0.05) is 24.3 Å². The molecule has 2 rings (SSSR count). The number of hydrogen-bond donors (Lipinski definition) is 0. The topological polar surface area (TPSA) is 17.8 Å². The van der Waals surface area contributed by atoms with E-state index in [2.05, 4.69) is 28.3 Å². The van der Waals surface area contributed by atoms with Crippen molar-refractivity contribution in [3.8, 4) is 5.69 Å². The summed E-state index contributed by atoms with van der Waals surface area (Å²) in [7, 11) is 0. The maximum absolute atomic E-state index is 4.27. The third kappa shape index (κ3) is 1.59. The SMILES string of the molecule is C=CCc1nccn1-c1ccccc1. The van der Waals surface area contributed by atoms with Gasteiger partial charge in [-0.3, -0.25) is 0 Å². The molecule has 0 aliphatic carbocycles. The lowest BCUT2D eigenvalue weighted by Gasteiger charge is -2.05. The van der Waals surface area contributed by atoms with Crippen molar-refractivity contribution in [2.24, 2.45) is 0 Å². The van der Waals surface area contributed by atoms with Gasteiger partial charge >= 0.3 is 0 Å². The van der Waals surface area contributed by atoms with Gasteiger partial charge in [0, 0.05) is 24.5 Å². The second-order valence-corrected chi connectivity index (χ2v) is 3.04. The van der Waals surface area contributed by atoms with Crippen LogP contribution in [0.4, 0.5) is 0 Å². The monoisotopic (exact) mass is 184 g/mol. The molecule has 0 fully saturated rings. The van der Waals surface area contributed by atoms with Gasteiger partial charge < -0.3 is 4.57 Å². The minimum atomic E-state index is 0.794. The number of rotatable bonds is 3. The number of para-hydroxylation sites is 1. The summed E-state index contributed by atoms with van der Waals surface area (Å²) in [5, 5.41) is 0. The first-order valence-electron chi connectivity index (χ1n) is 4.60. The molecule has 2 nitrogen and oxygen atoms in total. The van der Waals surface area contributed by atoms with Crippen molar-refractivity contribution in [2.75, 3.05) is 0 Å². The van der Waals surface area contributed by atoms with Crippen molar-refractivity contribution < 1.29 is 0 Å². The fraction of sp³-hybridized carbons (Fsp3) is 0.0833. The second-order valence-electron chi connectivity index (χ2n) is 3.04. The van der Waals surface area contributed by atoms with Crippen molar-refractivity contribution in [1.82, 2.24) is 9.55 Å². The lowest BCUT2D eigenvalue weighted by atomic mass is 10.3. The van der Waals surface area contributed by atoms with Crippen LogP contribution in [-0.4, -0.2) is 9.55 Å². The zero-order chi connectivity index (χ0) is 9.80. The molecule has 0 spiro atoms. The van der Waals surface area contributed by atoms with Crippen LogP contribution >= 0.6 is 0 Å². The highest BCUT2D eigenvalue weighted by Crippen LogP contribution is 2.10. The lowest BCUT2D eigenvalue weighted by molar-refractivity contribution is 0.929. The second kappa shape index (κ2) is 3.92. The molecule has 0 unspecified atom stereocenters. The number of nitrogens with zero attached hydrogens (tertiary/aromatic N) is 2. The molecule has 14 heavy (non-hydrogen) atoms. The molecule has 2 heteroatoms. The Morgan fingerprint density at radius 3 is 2.79 bits per heavy atom. The van der Waals surface area contributed by atoms with Gasteiger partial charge in [0.05, 0.1) is 0 Å². The van der Waals surface area contributed by atoms with Crippen LogP contribution in [0.2, 0.25) is 0 Å². The molecular formula is C12H12N2. The van der Waals surface area contributed by atoms with E-state index in [0.717, 1.165) is 17.9 Å². The number of aromatic nitrogens is 2. The van der Waals surface area contributed by atoms with Gasteiger partial charge in [-0.05, 0) is 12.1 Å². The summed E-state index contributed by atoms with van der Waals surface area (Å²) < 4.78 is 2.07.